The summed E-state index contributed by atoms with van der Waals surface area (Å²) < 4.78 is 1.25. The zero-order valence-electron chi connectivity index (χ0n) is 11.7. The molecule has 4 aromatic rings. The quantitative estimate of drug-likeness (QED) is 0.558. The predicted octanol–water partition coefficient (Wildman–Crippen LogP) is 4.03. The molecule has 0 spiro atoms. The van der Waals surface area contributed by atoms with Gasteiger partial charge in [-0.05, 0) is 47.2 Å². The molecule has 0 radical (unpaired) electrons. The summed E-state index contributed by atoms with van der Waals surface area (Å²) in [7, 11) is 1.92. The van der Waals surface area contributed by atoms with E-state index >= 15 is 0 Å². The van der Waals surface area contributed by atoms with Crippen LogP contribution in [0.2, 0.25) is 0 Å². The summed E-state index contributed by atoms with van der Waals surface area (Å²) in [5.41, 5.74) is 0.768. The lowest BCUT2D eigenvalue weighted by Crippen LogP contribution is -2.15. The van der Waals surface area contributed by atoms with Crippen molar-refractivity contribution in [2.75, 3.05) is 11.9 Å². The van der Waals surface area contributed by atoms with Gasteiger partial charge in [0.2, 0.25) is 0 Å². The summed E-state index contributed by atoms with van der Waals surface area (Å²) in [5.74, 6) is 0. The second kappa shape index (κ2) is 5.15. The van der Waals surface area contributed by atoms with E-state index in [9.17, 15) is 4.79 Å². The summed E-state index contributed by atoms with van der Waals surface area (Å²) in [4.78, 5) is 23.2. The molecular weight excluding hydrogens is 314 g/mol. The van der Waals surface area contributed by atoms with Gasteiger partial charge in [-0.3, -0.25) is 4.79 Å². The summed E-state index contributed by atoms with van der Waals surface area (Å²) in [6.07, 6.45) is 1.69. The Morgan fingerprint density at radius 1 is 1.18 bits per heavy atom. The van der Waals surface area contributed by atoms with E-state index in [0.717, 1.165) is 5.69 Å². The van der Waals surface area contributed by atoms with Crippen LogP contribution in [0.5, 0.6) is 0 Å². The molecule has 0 atom stereocenters. The third-order valence-corrected chi connectivity index (χ3v) is 5.46. The number of aromatic nitrogens is 2. The van der Waals surface area contributed by atoms with Gasteiger partial charge < -0.3 is 4.90 Å². The van der Waals surface area contributed by atoms with Crippen LogP contribution >= 0.6 is 22.7 Å². The average molecular weight is 325 g/mol. The highest BCUT2D eigenvalue weighted by molar-refractivity contribution is 7.21. The van der Waals surface area contributed by atoms with Gasteiger partial charge in [0, 0.05) is 23.6 Å². The molecule has 0 saturated carbocycles. The van der Waals surface area contributed by atoms with Crippen LogP contribution in [0.15, 0.2) is 52.8 Å². The molecule has 4 rings (SSSR count). The Morgan fingerprint density at radius 2 is 2.09 bits per heavy atom. The first kappa shape index (κ1) is 13.4. The van der Waals surface area contributed by atoms with Crippen molar-refractivity contribution in [1.82, 2.24) is 9.97 Å². The Morgan fingerprint density at radius 3 is 3.00 bits per heavy atom. The van der Waals surface area contributed by atoms with Crippen molar-refractivity contribution in [3.63, 3.8) is 0 Å². The Balaban J connectivity index is 1.84. The molecule has 3 heterocycles. The van der Waals surface area contributed by atoms with Gasteiger partial charge in [0.15, 0.2) is 5.13 Å². The number of benzene rings is 1. The van der Waals surface area contributed by atoms with Gasteiger partial charge in [0.05, 0.1) is 5.39 Å². The van der Waals surface area contributed by atoms with E-state index < -0.39 is 0 Å². The van der Waals surface area contributed by atoms with Gasteiger partial charge >= 0.3 is 0 Å². The molecule has 108 valence electrons. The molecule has 4 nitrogen and oxygen atoms in total. The number of hydrogen-bond acceptors (Lipinski definition) is 6. The van der Waals surface area contributed by atoms with E-state index in [4.69, 9.17) is 0 Å². The fourth-order valence-electron chi connectivity index (χ4n) is 2.31. The van der Waals surface area contributed by atoms with E-state index in [1.807, 2.05) is 18.0 Å². The molecule has 3 aromatic heterocycles. The fourth-order valence-corrected chi connectivity index (χ4v) is 4.00. The monoisotopic (exact) mass is 325 g/mol. The zero-order valence-corrected chi connectivity index (χ0v) is 13.3. The molecule has 22 heavy (non-hydrogen) atoms. The van der Waals surface area contributed by atoms with Gasteiger partial charge in [0.1, 0.15) is 4.83 Å². The highest BCUT2D eigenvalue weighted by Gasteiger charge is 2.11. The highest BCUT2D eigenvalue weighted by Crippen LogP contribution is 2.31. The van der Waals surface area contributed by atoms with Crippen molar-refractivity contribution in [1.29, 1.82) is 0 Å². The van der Waals surface area contributed by atoms with Crippen LogP contribution in [-0.4, -0.2) is 17.0 Å². The summed E-state index contributed by atoms with van der Waals surface area (Å²) in [5, 5.41) is 4.48. The summed E-state index contributed by atoms with van der Waals surface area (Å²) in [6.45, 7) is 0. The van der Waals surface area contributed by atoms with Gasteiger partial charge in [-0.1, -0.05) is 11.3 Å². The van der Waals surface area contributed by atoms with E-state index in [-0.39, 0.29) is 5.56 Å². The maximum atomic E-state index is 12.1. The number of nitrogens with zero attached hydrogens (tertiary/aromatic N) is 3. The zero-order chi connectivity index (χ0) is 15.1. The van der Waals surface area contributed by atoms with Crippen LogP contribution in [0.3, 0.4) is 0 Å². The van der Waals surface area contributed by atoms with Crippen LogP contribution in [0, 0.1) is 0 Å². The first-order valence-electron chi connectivity index (χ1n) is 6.69. The smallest absolute Gasteiger partial charge is 0.282 e. The van der Waals surface area contributed by atoms with E-state index in [0.29, 0.717) is 15.3 Å². The lowest BCUT2D eigenvalue weighted by Gasteiger charge is -2.17. The Kier molecular flexibility index (Phi) is 3.13. The Bertz CT molecular complexity index is 1040. The van der Waals surface area contributed by atoms with Crippen LogP contribution in [-0.2, 0) is 0 Å². The van der Waals surface area contributed by atoms with E-state index in [2.05, 4.69) is 33.5 Å². The largest absolute Gasteiger partial charge is 0.321 e. The standard InChI is InChI=1S/C16H11N3OS2/c1-19(11-4-5-13-10(9-11)6-8-21-13)16-18-14(20)12-3-2-7-17-15(12)22-16/h2-9H,1H3. The topological polar surface area (TPSA) is 46.1 Å². The van der Waals surface area contributed by atoms with Crippen LogP contribution in [0.1, 0.15) is 0 Å². The number of anilines is 2. The molecule has 1 aromatic carbocycles. The molecule has 0 bridgehead atoms. The van der Waals surface area contributed by atoms with Crippen LogP contribution in [0.4, 0.5) is 10.8 Å². The minimum atomic E-state index is -0.236. The fraction of sp³-hybridized carbons (Fsp3) is 0.0625. The molecule has 0 amide bonds. The number of hydrogen-bond donors (Lipinski definition) is 0. The van der Waals surface area contributed by atoms with Crippen molar-refractivity contribution in [3.8, 4) is 0 Å². The first-order valence-corrected chi connectivity index (χ1v) is 8.39. The highest BCUT2D eigenvalue weighted by atomic mass is 32.1. The molecular formula is C16H11N3OS2. The van der Waals surface area contributed by atoms with Gasteiger partial charge in [-0.15, -0.1) is 11.3 Å². The predicted molar refractivity (Wildman–Crippen MR) is 93.6 cm³/mol. The Labute approximate surface area is 134 Å². The van der Waals surface area contributed by atoms with Crippen molar-refractivity contribution < 1.29 is 0 Å². The second-order valence-corrected chi connectivity index (χ2v) is 6.76. The normalized spacial score (nSPS) is 11.1. The second-order valence-electron chi connectivity index (χ2n) is 4.86. The van der Waals surface area contributed by atoms with Crippen molar-refractivity contribution >= 4 is 53.8 Å². The maximum absolute atomic E-state index is 12.1. The van der Waals surface area contributed by atoms with E-state index in [1.54, 1.807) is 29.7 Å². The molecule has 0 aliphatic rings. The summed E-state index contributed by atoms with van der Waals surface area (Å²) >= 11 is 3.13. The molecule has 0 unspecified atom stereocenters. The minimum absolute atomic E-state index is 0.236. The van der Waals surface area contributed by atoms with E-state index in [1.165, 1.54) is 21.4 Å². The third kappa shape index (κ3) is 2.17. The van der Waals surface area contributed by atoms with Crippen molar-refractivity contribution in [2.24, 2.45) is 0 Å². The number of pyridine rings is 1. The average Bonchev–Trinajstić information content (AvgIpc) is 3.01. The molecule has 0 aliphatic heterocycles. The minimum Gasteiger partial charge on any atom is -0.321 e. The Hall–Kier alpha value is -2.31. The van der Waals surface area contributed by atoms with Gasteiger partial charge in [-0.2, -0.15) is 4.98 Å². The SMILES string of the molecule is CN(c1ccc2sccc2c1)c1nc(=O)c2cccnc2s1. The third-order valence-electron chi connectivity index (χ3n) is 3.50. The van der Waals surface area contributed by atoms with Crippen molar-refractivity contribution in [2.45, 2.75) is 0 Å². The van der Waals surface area contributed by atoms with Crippen LogP contribution in [0.25, 0.3) is 20.3 Å². The molecule has 6 heteroatoms. The summed E-state index contributed by atoms with van der Waals surface area (Å²) in [6, 6.07) is 11.8. The molecule has 0 fully saturated rings. The van der Waals surface area contributed by atoms with Crippen LogP contribution < -0.4 is 10.5 Å². The molecule has 0 aliphatic carbocycles. The van der Waals surface area contributed by atoms with Crippen molar-refractivity contribution in [3.05, 3.63) is 58.3 Å². The maximum Gasteiger partial charge on any atom is 0.282 e. The lowest BCUT2D eigenvalue weighted by molar-refractivity contribution is 1.15. The molecule has 0 saturated heterocycles. The first-order chi connectivity index (χ1) is 10.7. The number of rotatable bonds is 2. The number of fused-ring (bicyclic) bond motifs is 2. The molecule has 0 N–H and O–H groups in total. The van der Waals surface area contributed by atoms with Gasteiger partial charge in [-0.25, -0.2) is 4.98 Å². The van der Waals surface area contributed by atoms with Gasteiger partial charge in [0.25, 0.3) is 5.56 Å². The lowest BCUT2D eigenvalue weighted by atomic mass is 10.2. The number of thiophene rings is 1.